The molecule has 1 aliphatic rings. The average molecular weight is 248 g/mol. The third-order valence-corrected chi connectivity index (χ3v) is 4.69. The number of carbonyl (C=O) groups excluding carboxylic acids is 1. The van der Waals surface area contributed by atoms with Gasteiger partial charge in [0.1, 0.15) is 0 Å². The first kappa shape index (κ1) is 13.4. The highest BCUT2D eigenvalue weighted by Gasteiger charge is 2.31. The summed E-state index contributed by atoms with van der Waals surface area (Å²) in [5.74, 6) is 0.0570. The summed E-state index contributed by atoms with van der Waals surface area (Å²) in [6, 6.07) is 0.181. The van der Waals surface area contributed by atoms with Crippen LogP contribution in [-0.4, -0.2) is 37.1 Å². The first-order valence-electron chi connectivity index (χ1n) is 5.65. The summed E-state index contributed by atoms with van der Waals surface area (Å²) >= 11 is 0. The lowest BCUT2D eigenvalue weighted by atomic mass is 9.93. The molecule has 16 heavy (non-hydrogen) atoms. The molecule has 0 heterocycles. The van der Waals surface area contributed by atoms with Crippen LogP contribution in [0.25, 0.3) is 0 Å². The third kappa shape index (κ3) is 3.18. The first-order valence-corrected chi connectivity index (χ1v) is 7.26. The number of amides is 1. The summed E-state index contributed by atoms with van der Waals surface area (Å²) < 4.78 is 22.3. The van der Waals surface area contributed by atoms with Crippen molar-refractivity contribution in [1.82, 2.24) is 4.90 Å². The van der Waals surface area contributed by atoms with Crippen molar-refractivity contribution in [1.29, 1.82) is 0 Å². The van der Waals surface area contributed by atoms with Gasteiger partial charge in [0.2, 0.25) is 15.9 Å². The van der Waals surface area contributed by atoms with Crippen molar-refractivity contribution in [3.05, 3.63) is 0 Å². The van der Waals surface area contributed by atoms with Gasteiger partial charge in [-0.3, -0.25) is 4.79 Å². The van der Waals surface area contributed by atoms with Crippen molar-refractivity contribution in [2.45, 2.75) is 50.8 Å². The normalized spacial score (nSPS) is 26.4. The zero-order valence-corrected chi connectivity index (χ0v) is 10.7. The SMILES string of the molecule is CCN(C(C)=O)C1CCC(S(N)(=O)=O)CC1. The van der Waals surface area contributed by atoms with Crippen molar-refractivity contribution < 1.29 is 13.2 Å². The maximum absolute atomic E-state index is 11.3. The number of sulfonamides is 1. The molecule has 2 N–H and O–H groups in total. The fourth-order valence-corrected chi connectivity index (χ4v) is 3.35. The Bertz CT molecular complexity index is 345. The van der Waals surface area contributed by atoms with Gasteiger partial charge in [-0.25, -0.2) is 13.6 Å². The molecule has 6 heteroatoms. The zero-order chi connectivity index (χ0) is 12.3. The summed E-state index contributed by atoms with van der Waals surface area (Å²) in [6.07, 6.45) is 2.59. The minimum Gasteiger partial charge on any atom is -0.340 e. The molecule has 1 aliphatic carbocycles. The number of rotatable bonds is 3. The Labute approximate surface area is 97.0 Å². The molecule has 0 saturated heterocycles. The average Bonchev–Trinajstić information content (AvgIpc) is 2.17. The molecule has 0 aromatic heterocycles. The van der Waals surface area contributed by atoms with E-state index in [0.717, 1.165) is 12.8 Å². The van der Waals surface area contributed by atoms with Gasteiger partial charge in [-0.1, -0.05) is 0 Å². The van der Waals surface area contributed by atoms with E-state index >= 15 is 0 Å². The highest BCUT2D eigenvalue weighted by molar-refractivity contribution is 7.89. The van der Waals surface area contributed by atoms with Crippen LogP contribution < -0.4 is 5.14 Å². The summed E-state index contributed by atoms with van der Waals surface area (Å²) in [5, 5.41) is 4.69. The topological polar surface area (TPSA) is 80.5 Å². The molecule has 0 atom stereocenters. The molecule has 0 spiro atoms. The van der Waals surface area contributed by atoms with Gasteiger partial charge < -0.3 is 4.90 Å². The van der Waals surface area contributed by atoms with Crippen LogP contribution in [0.5, 0.6) is 0 Å². The van der Waals surface area contributed by atoms with E-state index in [9.17, 15) is 13.2 Å². The predicted molar refractivity (Wildman–Crippen MR) is 62.2 cm³/mol. The lowest BCUT2D eigenvalue weighted by molar-refractivity contribution is -0.131. The number of nitrogens with two attached hydrogens (primary N) is 1. The van der Waals surface area contributed by atoms with Gasteiger partial charge in [0, 0.05) is 19.5 Å². The van der Waals surface area contributed by atoms with Gasteiger partial charge in [0.05, 0.1) is 5.25 Å². The van der Waals surface area contributed by atoms with Gasteiger partial charge in [0.25, 0.3) is 0 Å². The molecular weight excluding hydrogens is 228 g/mol. The van der Waals surface area contributed by atoms with E-state index in [-0.39, 0.29) is 11.9 Å². The van der Waals surface area contributed by atoms with Crippen LogP contribution in [0.4, 0.5) is 0 Å². The Morgan fingerprint density at radius 2 is 1.81 bits per heavy atom. The van der Waals surface area contributed by atoms with E-state index in [1.165, 1.54) is 0 Å². The fourth-order valence-electron chi connectivity index (χ4n) is 2.42. The maximum atomic E-state index is 11.3. The molecule has 1 saturated carbocycles. The van der Waals surface area contributed by atoms with Gasteiger partial charge in [-0.05, 0) is 32.6 Å². The van der Waals surface area contributed by atoms with Crippen LogP contribution in [0, 0.1) is 0 Å². The molecule has 94 valence electrons. The van der Waals surface area contributed by atoms with Crippen molar-refractivity contribution in [2.75, 3.05) is 6.54 Å². The smallest absolute Gasteiger partial charge is 0.219 e. The van der Waals surface area contributed by atoms with Crippen LogP contribution in [0.3, 0.4) is 0 Å². The molecule has 0 aliphatic heterocycles. The van der Waals surface area contributed by atoms with Crippen molar-refractivity contribution in [3.8, 4) is 0 Å². The first-order chi connectivity index (χ1) is 7.36. The van der Waals surface area contributed by atoms with Crippen LogP contribution in [0.15, 0.2) is 0 Å². The minimum absolute atomic E-state index is 0.0570. The molecule has 1 fully saturated rings. The second kappa shape index (κ2) is 5.14. The van der Waals surface area contributed by atoms with Crippen molar-refractivity contribution in [2.24, 2.45) is 5.14 Å². The predicted octanol–water partition coefficient (Wildman–Crippen LogP) is 0.455. The van der Waals surface area contributed by atoms with Gasteiger partial charge in [0.15, 0.2) is 0 Å². The summed E-state index contributed by atoms with van der Waals surface area (Å²) in [6.45, 7) is 4.17. The van der Waals surface area contributed by atoms with Crippen LogP contribution >= 0.6 is 0 Å². The number of hydrogen-bond donors (Lipinski definition) is 1. The number of primary sulfonamides is 1. The summed E-state index contributed by atoms with van der Waals surface area (Å²) in [7, 11) is -3.41. The summed E-state index contributed by atoms with van der Waals surface area (Å²) in [4.78, 5) is 13.1. The zero-order valence-electron chi connectivity index (χ0n) is 9.85. The number of carbonyl (C=O) groups is 1. The van der Waals surface area contributed by atoms with E-state index in [0.29, 0.717) is 19.4 Å². The Kier molecular flexibility index (Phi) is 4.32. The lowest BCUT2D eigenvalue weighted by Crippen LogP contribution is -2.43. The number of hydrogen-bond acceptors (Lipinski definition) is 3. The van der Waals surface area contributed by atoms with Crippen molar-refractivity contribution in [3.63, 3.8) is 0 Å². The highest BCUT2D eigenvalue weighted by Crippen LogP contribution is 2.26. The molecular formula is C10H20N2O3S. The minimum atomic E-state index is -3.41. The largest absolute Gasteiger partial charge is 0.340 e. The molecule has 0 aromatic carbocycles. The quantitative estimate of drug-likeness (QED) is 0.787. The van der Waals surface area contributed by atoms with Crippen LogP contribution in [-0.2, 0) is 14.8 Å². The molecule has 5 nitrogen and oxygen atoms in total. The van der Waals surface area contributed by atoms with Gasteiger partial charge >= 0.3 is 0 Å². The highest BCUT2D eigenvalue weighted by atomic mass is 32.2. The Hall–Kier alpha value is -0.620. The van der Waals surface area contributed by atoms with Crippen molar-refractivity contribution >= 4 is 15.9 Å². The Morgan fingerprint density at radius 3 is 2.12 bits per heavy atom. The molecule has 0 aromatic rings. The second-order valence-electron chi connectivity index (χ2n) is 4.32. The molecule has 0 unspecified atom stereocenters. The number of nitrogens with zero attached hydrogens (tertiary/aromatic N) is 1. The van der Waals surface area contributed by atoms with E-state index in [2.05, 4.69) is 0 Å². The van der Waals surface area contributed by atoms with Crippen LogP contribution in [0.1, 0.15) is 39.5 Å². The Morgan fingerprint density at radius 1 is 1.31 bits per heavy atom. The lowest BCUT2D eigenvalue weighted by Gasteiger charge is -2.35. The third-order valence-electron chi connectivity index (χ3n) is 3.29. The van der Waals surface area contributed by atoms with E-state index in [1.54, 1.807) is 11.8 Å². The maximum Gasteiger partial charge on any atom is 0.219 e. The molecule has 0 radical (unpaired) electrons. The standard InChI is InChI=1S/C10H20N2O3S/c1-3-12(8(2)13)9-4-6-10(7-5-9)16(11,14)15/h9-10H,3-7H2,1-2H3,(H2,11,14,15). The monoisotopic (exact) mass is 248 g/mol. The summed E-state index contributed by atoms with van der Waals surface area (Å²) in [5.41, 5.74) is 0. The van der Waals surface area contributed by atoms with Gasteiger partial charge in [-0.15, -0.1) is 0 Å². The van der Waals surface area contributed by atoms with E-state index in [1.807, 2.05) is 6.92 Å². The van der Waals surface area contributed by atoms with E-state index < -0.39 is 15.3 Å². The fraction of sp³-hybridized carbons (Fsp3) is 0.900. The van der Waals surface area contributed by atoms with Crippen LogP contribution in [0.2, 0.25) is 0 Å². The van der Waals surface area contributed by atoms with Gasteiger partial charge in [-0.2, -0.15) is 0 Å². The van der Waals surface area contributed by atoms with E-state index in [4.69, 9.17) is 5.14 Å². The second-order valence-corrected chi connectivity index (χ2v) is 6.17. The molecule has 1 amide bonds. The Balaban J connectivity index is 2.58. The molecule has 1 rings (SSSR count). The molecule has 0 bridgehead atoms.